The zero-order chi connectivity index (χ0) is 13.9. The minimum absolute atomic E-state index is 0.157. The van der Waals surface area contributed by atoms with Crippen LogP contribution in [0.5, 0.6) is 0 Å². The minimum Gasteiger partial charge on any atom is -0.306 e. The van der Waals surface area contributed by atoms with Gasteiger partial charge in [-0.3, -0.25) is 4.98 Å². The summed E-state index contributed by atoms with van der Waals surface area (Å²) in [6, 6.07) is 8.54. The van der Waals surface area contributed by atoms with E-state index >= 15 is 0 Å². The zero-order valence-corrected chi connectivity index (χ0v) is 12.4. The third-order valence-electron chi connectivity index (χ3n) is 3.34. The van der Waals surface area contributed by atoms with E-state index in [0.717, 1.165) is 11.6 Å². The normalized spacial score (nSPS) is 12.7. The van der Waals surface area contributed by atoms with Gasteiger partial charge in [0.1, 0.15) is 0 Å². The van der Waals surface area contributed by atoms with Gasteiger partial charge in [0.15, 0.2) is 0 Å². The second kappa shape index (κ2) is 5.69. The van der Waals surface area contributed by atoms with Crippen LogP contribution in [0.4, 0.5) is 0 Å². The summed E-state index contributed by atoms with van der Waals surface area (Å²) in [6.45, 7) is 5.07. The molecule has 4 heteroatoms. The number of nitrogens with one attached hydrogen (secondary N) is 1. The minimum atomic E-state index is 0.157. The van der Waals surface area contributed by atoms with E-state index in [-0.39, 0.29) is 6.04 Å². The van der Waals surface area contributed by atoms with Gasteiger partial charge < -0.3 is 5.32 Å². The third-order valence-corrected chi connectivity index (χ3v) is 4.32. The number of hydrogen-bond donors (Lipinski definition) is 1. The van der Waals surface area contributed by atoms with Gasteiger partial charge in [-0.1, -0.05) is 31.2 Å². The first-order valence-corrected chi connectivity index (χ1v) is 7.59. The summed E-state index contributed by atoms with van der Waals surface area (Å²) in [5.41, 5.74) is 1.22. The van der Waals surface area contributed by atoms with Crippen molar-refractivity contribution < 1.29 is 0 Å². The van der Waals surface area contributed by atoms with E-state index in [0.29, 0.717) is 0 Å². The summed E-state index contributed by atoms with van der Waals surface area (Å²) in [5.74, 6) is 0. The Morgan fingerprint density at radius 2 is 2.05 bits per heavy atom. The Hall–Kier alpha value is -1.78. The van der Waals surface area contributed by atoms with Crippen molar-refractivity contribution in [2.45, 2.75) is 19.9 Å². The molecule has 3 aromatic rings. The maximum absolute atomic E-state index is 4.39. The van der Waals surface area contributed by atoms with E-state index in [4.69, 9.17) is 0 Å². The Morgan fingerprint density at radius 1 is 1.20 bits per heavy atom. The van der Waals surface area contributed by atoms with Crippen LogP contribution in [-0.4, -0.2) is 16.5 Å². The Labute approximate surface area is 122 Å². The van der Waals surface area contributed by atoms with Gasteiger partial charge >= 0.3 is 0 Å². The number of thiazole rings is 1. The number of hydrogen-bond acceptors (Lipinski definition) is 4. The van der Waals surface area contributed by atoms with Crippen LogP contribution in [0.2, 0.25) is 0 Å². The van der Waals surface area contributed by atoms with Crippen LogP contribution in [0.1, 0.15) is 28.4 Å². The first kappa shape index (κ1) is 13.2. The summed E-state index contributed by atoms with van der Waals surface area (Å²) in [7, 11) is 0. The van der Waals surface area contributed by atoms with Crippen LogP contribution >= 0.6 is 11.3 Å². The van der Waals surface area contributed by atoms with Gasteiger partial charge in [-0.05, 0) is 18.9 Å². The highest BCUT2D eigenvalue weighted by Crippen LogP contribution is 2.30. The van der Waals surface area contributed by atoms with E-state index < -0.39 is 0 Å². The summed E-state index contributed by atoms with van der Waals surface area (Å²) in [4.78, 5) is 10.0. The Bertz CT molecular complexity index is 715. The molecule has 0 aliphatic rings. The number of rotatable bonds is 4. The lowest BCUT2D eigenvalue weighted by atomic mass is 10.0. The standard InChI is InChI=1S/C16H17N3S/c1-3-18-16(15-10-19-11(2)20-15)14-9-17-8-12-6-4-5-7-13(12)14/h4-10,16,18H,3H2,1-2H3. The molecule has 2 heterocycles. The van der Waals surface area contributed by atoms with Crippen LogP contribution in [-0.2, 0) is 0 Å². The summed E-state index contributed by atoms with van der Waals surface area (Å²) < 4.78 is 0. The van der Waals surface area contributed by atoms with Gasteiger partial charge in [-0.2, -0.15) is 0 Å². The average Bonchev–Trinajstić information content (AvgIpc) is 2.91. The molecule has 20 heavy (non-hydrogen) atoms. The van der Waals surface area contributed by atoms with E-state index in [1.807, 2.05) is 31.6 Å². The molecule has 0 fully saturated rings. The number of nitrogens with zero attached hydrogens (tertiary/aromatic N) is 2. The number of fused-ring (bicyclic) bond motifs is 1. The van der Waals surface area contributed by atoms with E-state index in [2.05, 4.69) is 40.4 Å². The molecule has 1 atom stereocenters. The van der Waals surface area contributed by atoms with Crippen LogP contribution in [0.25, 0.3) is 10.8 Å². The monoisotopic (exact) mass is 283 g/mol. The topological polar surface area (TPSA) is 37.8 Å². The fourth-order valence-corrected chi connectivity index (χ4v) is 3.33. The molecule has 0 saturated carbocycles. The Morgan fingerprint density at radius 3 is 2.80 bits per heavy atom. The molecule has 102 valence electrons. The van der Waals surface area contributed by atoms with Crippen molar-refractivity contribution in [3.8, 4) is 0 Å². The number of aryl methyl sites for hydroxylation is 1. The second-order valence-electron chi connectivity index (χ2n) is 4.72. The van der Waals surface area contributed by atoms with Crippen molar-refractivity contribution in [1.29, 1.82) is 0 Å². The van der Waals surface area contributed by atoms with E-state index in [9.17, 15) is 0 Å². The van der Waals surface area contributed by atoms with Crippen LogP contribution < -0.4 is 5.32 Å². The van der Waals surface area contributed by atoms with Gasteiger partial charge in [-0.15, -0.1) is 11.3 Å². The molecule has 0 bridgehead atoms. The number of aromatic nitrogens is 2. The van der Waals surface area contributed by atoms with Gasteiger partial charge in [0.05, 0.1) is 11.0 Å². The number of pyridine rings is 1. The Balaban J connectivity index is 2.14. The van der Waals surface area contributed by atoms with Gasteiger partial charge in [0.2, 0.25) is 0 Å². The van der Waals surface area contributed by atoms with Crippen molar-refractivity contribution in [1.82, 2.24) is 15.3 Å². The lowest BCUT2D eigenvalue weighted by Gasteiger charge is -2.18. The molecule has 0 spiro atoms. The van der Waals surface area contributed by atoms with Gasteiger partial charge in [-0.25, -0.2) is 4.98 Å². The van der Waals surface area contributed by atoms with E-state index in [1.165, 1.54) is 21.2 Å². The molecule has 1 N–H and O–H groups in total. The first-order valence-electron chi connectivity index (χ1n) is 6.78. The molecular weight excluding hydrogens is 266 g/mol. The van der Waals surface area contributed by atoms with Crippen molar-refractivity contribution >= 4 is 22.1 Å². The van der Waals surface area contributed by atoms with E-state index in [1.54, 1.807) is 11.3 Å². The molecule has 1 unspecified atom stereocenters. The van der Waals surface area contributed by atoms with Crippen molar-refractivity contribution in [3.05, 3.63) is 58.3 Å². The molecule has 0 radical (unpaired) electrons. The quantitative estimate of drug-likeness (QED) is 0.793. The summed E-state index contributed by atoms with van der Waals surface area (Å²) >= 11 is 1.74. The SMILES string of the molecule is CCNC(c1cnc(C)s1)c1cncc2ccccc12. The number of benzene rings is 1. The van der Waals surface area contributed by atoms with Crippen LogP contribution in [0.3, 0.4) is 0 Å². The maximum Gasteiger partial charge on any atom is 0.0897 e. The predicted molar refractivity (Wildman–Crippen MR) is 84.1 cm³/mol. The molecule has 0 saturated heterocycles. The molecule has 0 aliphatic carbocycles. The van der Waals surface area contributed by atoms with Gasteiger partial charge in [0, 0.05) is 34.4 Å². The van der Waals surface area contributed by atoms with Gasteiger partial charge in [0.25, 0.3) is 0 Å². The molecule has 3 nitrogen and oxygen atoms in total. The molecule has 0 aliphatic heterocycles. The van der Waals surface area contributed by atoms with Crippen LogP contribution in [0.15, 0.2) is 42.9 Å². The third kappa shape index (κ3) is 2.44. The molecule has 1 aromatic carbocycles. The maximum atomic E-state index is 4.39. The van der Waals surface area contributed by atoms with Crippen molar-refractivity contribution in [2.75, 3.05) is 6.54 Å². The Kier molecular flexibility index (Phi) is 3.76. The molecule has 0 amide bonds. The highest BCUT2D eigenvalue weighted by molar-refractivity contribution is 7.11. The lowest BCUT2D eigenvalue weighted by Crippen LogP contribution is -2.21. The highest BCUT2D eigenvalue weighted by Gasteiger charge is 2.18. The van der Waals surface area contributed by atoms with Crippen molar-refractivity contribution in [2.24, 2.45) is 0 Å². The molecule has 3 rings (SSSR count). The fourth-order valence-electron chi connectivity index (χ4n) is 2.45. The average molecular weight is 283 g/mol. The largest absolute Gasteiger partial charge is 0.306 e. The summed E-state index contributed by atoms with van der Waals surface area (Å²) in [5, 5.41) is 7.07. The zero-order valence-electron chi connectivity index (χ0n) is 11.6. The van der Waals surface area contributed by atoms with Crippen molar-refractivity contribution in [3.63, 3.8) is 0 Å². The summed E-state index contributed by atoms with van der Waals surface area (Å²) in [6.07, 6.45) is 5.85. The molecule has 2 aromatic heterocycles. The highest BCUT2D eigenvalue weighted by atomic mass is 32.1. The predicted octanol–water partition coefficient (Wildman–Crippen LogP) is 3.70. The second-order valence-corrected chi connectivity index (χ2v) is 5.99. The van der Waals surface area contributed by atoms with Crippen LogP contribution in [0, 0.1) is 6.92 Å². The molecular formula is C16H17N3S. The fraction of sp³-hybridized carbons (Fsp3) is 0.250. The first-order chi connectivity index (χ1) is 9.79. The lowest BCUT2D eigenvalue weighted by molar-refractivity contribution is 0.640. The smallest absolute Gasteiger partial charge is 0.0897 e.